The summed E-state index contributed by atoms with van der Waals surface area (Å²) in [6, 6.07) is 10.0. The number of anilines is 1. The highest BCUT2D eigenvalue weighted by Crippen LogP contribution is 2.18. The van der Waals surface area contributed by atoms with Crippen LogP contribution in [0, 0.1) is 0 Å². The zero-order valence-electron chi connectivity index (χ0n) is 16.2. The third-order valence-corrected chi connectivity index (χ3v) is 4.80. The van der Waals surface area contributed by atoms with Crippen molar-refractivity contribution < 1.29 is 0 Å². The lowest BCUT2D eigenvalue weighted by molar-refractivity contribution is 0.765. The van der Waals surface area contributed by atoms with Gasteiger partial charge in [-0.15, -0.1) is 10.2 Å². The number of guanidine groups is 1. The van der Waals surface area contributed by atoms with Crippen molar-refractivity contribution >= 4 is 17.4 Å². The van der Waals surface area contributed by atoms with E-state index in [1.807, 2.05) is 41.1 Å². The van der Waals surface area contributed by atoms with Gasteiger partial charge in [0.1, 0.15) is 5.82 Å². The fraction of sp³-hybridized carbons (Fsp3) is 0.400. The third-order valence-electron chi connectivity index (χ3n) is 4.80. The Hall–Kier alpha value is -3.16. The minimum atomic E-state index is 0.548. The molecule has 8 nitrogen and oxygen atoms in total. The molecule has 28 heavy (non-hydrogen) atoms. The maximum atomic E-state index is 4.72. The van der Waals surface area contributed by atoms with Gasteiger partial charge in [-0.1, -0.05) is 6.07 Å². The Labute approximate surface area is 164 Å². The van der Waals surface area contributed by atoms with Gasteiger partial charge in [0.2, 0.25) is 0 Å². The first-order chi connectivity index (χ1) is 13.8. The fourth-order valence-electron chi connectivity index (χ4n) is 3.36. The average molecular weight is 378 g/mol. The van der Waals surface area contributed by atoms with Crippen LogP contribution < -0.4 is 15.5 Å². The summed E-state index contributed by atoms with van der Waals surface area (Å²) in [6.07, 6.45) is 6.33. The summed E-state index contributed by atoms with van der Waals surface area (Å²) in [5, 5.41) is 15.1. The molecule has 1 aliphatic heterocycles. The zero-order valence-corrected chi connectivity index (χ0v) is 16.2. The van der Waals surface area contributed by atoms with Crippen LogP contribution in [0.2, 0.25) is 0 Å². The highest BCUT2D eigenvalue weighted by molar-refractivity contribution is 5.79. The van der Waals surface area contributed by atoms with E-state index in [0.717, 1.165) is 48.4 Å². The van der Waals surface area contributed by atoms with Crippen molar-refractivity contribution in [2.45, 2.75) is 32.9 Å². The monoisotopic (exact) mass is 378 g/mol. The lowest BCUT2D eigenvalue weighted by Gasteiger charge is -2.16. The molecule has 0 amide bonds. The Balaban J connectivity index is 1.42. The van der Waals surface area contributed by atoms with Crippen LogP contribution in [0.15, 0.2) is 47.7 Å². The van der Waals surface area contributed by atoms with Gasteiger partial charge in [-0.2, -0.15) is 0 Å². The topological polar surface area (TPSA) is 82.7 Å². The molecular formula is C20H26N8. The molecule has 1 saturated heterocycles. The van der Waals surface area contributed by atoms with E-state index in [9.17, 15) is 0 Å². The largest absolute Gasteiger partial charge is 0.357 e. The van der Waals surface area contributed by atoms with Gasteiger partial charge < -0.3 is 15.5 Å². The molecule has 3 aromatic rings. The van der Waals surface area contributed by atoms with Crippen molar-refractivity contribution in [2.75, 3.05) is 24.5 Å². The molecule has 0 aromatic carbocycles. The second-order valence-electron chi connectivity index (χ2n) is 6.81. The minimum Gasteiger partial charge on any atom is -0.357 e. The van der Waals surface area contributed by atoms with Crippen LogP contribution in [0.1, 0.15) is 31.2 Å². The number of pyridine rings is 2. The van der Waals surface area contributed by atoms with Gasteiger partial charge in [-0.25, -0.2) is 9.98 Å². The molecule has 0 atom stereocenters. The van der Waals surface area contributed by atoms with Gasteiger partial charge in [-0.3, -0.25) is 4.40 Å². The first-order valence-electron chi connectivity index (χ1n) is 9.84. The van der Waals surface area contributed by atoms with Gasteiger partial charge in [0, 0.05) is 32.0 Å². The van der Waals surface area contributed by atoms with Gasteiger partial charge in [0.05, 0.1) is 13.1 Å². The third kappa shape index (κ3) is 4.21. The first-order valence-corrected chi connectivity index (χ1v) is 9.84. The number of aliphatic imine (C=N–C) groups is 1. The van der Waals surface area contributed by atoms with E-state index in [1.165, 1.54) is 12.8 Å². The number of fused-ring (bicyclic) bond motifs is 1. The Morgan fingerprint density at radius 2 is 2.04 bits per heavy atom. The highest BCUT2D eigenvalue weighted by Gasteiger charge is 2.13. The summed E-state index contributed by atoms with van der Waals surface area (Å²) in [4.78, 5) is 11.6. The Morgan fingerprint density at radius 1 is 1.14 bits per heavy atom. The van der Waals surface area contributed by atoms with Crippen molar-refractivity contribution in [2.24, 2.45) is 4.99 Å². The van der Waals surface area contributed by atoms with Crippen molar-refractivity contribution in [3.8, 4) is 0 Å². The molecule has 4 rings (SSSR count). The van der Waals surface area contributed by atoms with Crippen LogP contribution in [0.3, 0.4) is 0 Å². The summed E-state index contributed by atoms with van der Waals surface area (Å²) in [5.41, 5.74) is 1.99. The van der Waals surface area contributed by atoms with Crippen molar-refractivity contribution in [1.82, 2.24) is 30.2 Å². The van der Waals surface area contributed by atoms with Crippen LogP contribution in [0.4, 0.5) is 5.82 Å². The number of nitrogens with zero attached hydrogens (tertiary/aromatic N) is 6. The van der Waals surface area contributed by atoms with Crippen molar-refractivity contribution in [1.29, 1.82) is 0 Å². The summed E-state index contributed by atoms with van der Waals surface area (Å²) in [5.74, 6) is 2.66. The van der Waals surface area contributed by atoms with Crippen LogP contribution in [0.5, 0.6) is 0 Å². The van der Waals surface area contributed by atoms with E-state index in [4.69, 9.17) is 4.99 Å². The smallest absolute Gasteiger partial charge is 0.191 e. The fourth-order valence-corrected chi connectivity index (χ4v) is 3.36. The lowest BCUT2D eigenvalue weighted by atomic mass is 10.2. The molecule has 1 aliphatic rings. The molecule has 4 heterocycles. The Bertz CT molecular complexity index is 942. The molecule has 0 radical (unpaired) electrons. The van der Waals surface area contributed by atoms with Crippen LogP contribution in [-0.4, -0.2) is 45.2 Å². The number of aromatic nitrogens is 4. The quantitative estimate of drug-likeness (QED) is 0.504. The second-order valence-corrected chi connectivity index (χ2v) is 6.81. The predicted molar refractivity (Wildman–Crippen MR) is 110 cm³/mol. The molecule has 0 bridgehead atoms. The average Bonchev–Trinajstić information content (AvgIpc) is 3.41. The standard InChI is InChI=1S/C20H26N8/c1-2-21-20(24-15-19-26-25-17-7-3-4-12-28(17)19)23-14-16-8-9-22-18(13-16)27-10-5-6-11-27/h3-4,7-9,12-13H,2,5-6,10-11,14-15H2,1H3,(H2,21,23,24). The molecule has 146 valence electrons. The lowest BCUT2D eigenvalue weighted by Crippen LogP contribution is -2.37. The normalized spacial score (nSPS) is 14.6. The van der Waals surface area contributed by atoms with E-state index in [2.05, 4.69) is 43.7 Å². The molecule has 0 spiro atoms. The SMILES string of the molecule is CCNC(=NCc1ccnc(N2CCCC2)c1)NCc1nnc2ccccn12. The highest BCUT2D eigenvalue weighted by atomic mass is 15.3. The summed E-state index contributed by atoms with van der Waals surface area (Å²) < 4.78 is 1.97. The van der Waals surface area contributed by atoms with Crippen LogP contribution >= 0.6 is 0 Å². The predicted octanol–water partition coefficient (Wildman–Crippen LogP) is 1.98. The Kier molecular flexibility index (Phi) is 5.65. The van der Waals surface area contributed by atoms with Crippen LogP contribution in [-0.2, 0) is 13.1 Å². The molecule has 8 heteroatoms. The Morgan fingerprint density at radius 3 is 2.89 bits per heavy atom. The number of rotatable bonds is 6. The summed E-state index contributed by atoms with van der Waals surface area (Å²) in [7, 11) is 0. The van der Waals surface area contributed by atoms with E-state index >= 15 is 0 Å². The zero-order chi connectivity index (χ0) is 19.2. The summed E-state index contributed by atoms with van der Waals surface area (Å²) >= 11 is 0. The van der Waals surface area contributed by atoms with E-state index < -0.39 is 0 Å². The molecule has 1 fully saturated rings. The number of nitrogens with one attached hydrogen (secondary N) is 2. The number of hydrogen-bond donors (Lipinski definition) is 2. The molecule has 2 N–H and O–H groups in total. The first kappa shape index (κ1) is 18.2. The maximum Gasteiger partial charge on any atom is 0.191 e. The number of hydrogen-bond acceptors (Lipinski definition) is 5. The maximum absolute atomic E-state index is 4.72. The van der Waals surface area contributed by atoms with E-state index in [0.29, 0.717) is 13.1 Å². The molecule has 0 saturated carbocycles. The van der Waals surface area contributed by atoms with E-state index in [-0.39, 0.29) is 0 Å². The molecule has 0 aliphatic carbocycles. The van der Waals surface area contributed by atoms with Gasteiger partial charge in [0.15, 0.2) is 17.4 Å². The van der Waals surface area contributed by atoms with Crippen molar-refractivity contribution in [3.05, 3.63) is 54.1 Å². The van der Waals surface area contributed by atoms with Crippen LogP contribution in [0.25, 0.3) is 5.65 Å². The molecular weight excluding hydrogens is 352 g/mol. The molecule has 3 aromatic heterocycles. The van der Waals surface area contributed by atoms with Gasteiger partial charge in [0.25, 0.3) is 0 Å². The second kappa shape index (κ2) is 8.69. The summed E-state index contributed by atoms with van der Waals surface area (Å²) in [6.45, 7) is 6.18. The van der Waals surface area contributed by atoms with E-state index in [1.54, 1.807) is 0 Å². The van der Waals surface area contributed by atoms with Crippen molar-refractivity contribution in [3.63, 3.8) is 0 Å². The molecule has 0 unspecified atom stereocenters. The van der Waals surface area contributed by atoms with Gasteiger partial charge >= 0.3 is 0 Å². The van der Waals surface area contributed by atoms with Gasteiger partial charge in [-0.05, 0) is 49.6 Å². The minimum absolute atomic E-state index is 0.548.